The van der Waals surface area contributed by atoms with Gasteiger partial charge in [-0.1, -0.05) is 0 Å². The molecule has 0 saturated heterocycles. The van der Waals surface area contributed by atoms with E-state index in [1.54, 1.807) is 0 Å². The first kappa shape index (κ1) is 13.7. The number of aliphatic hydroxyl groups excluding tert-OH is 1. The van der Waals surface area contributed by atoms with Crippen molar-refractivity contribution in [2.24, 2.45) is 5.92 Å². The van der Waals surface area contributed by atoms with Crippen LogP contribution in [0.2, 0.25) is 0 Å². The molecule has 1 aromatic rings. The fraction of sp³-hybridized carbons (Fsp3) is 0.615. The Morgan fingerprint density at radius 3 is 2.72 bits per heavy atom. The SMILES string of the molecule is CC(Nc1ncc(F)cc1Br)C1CCC(O)CC1. The molecule has 1 fully saturated rings. The van der Waals surface area contributed by atoms with Gasteiger partial charge in [0, 0.05) is 6.04 Å². The molecule has 0 amide bonds. The second-order valence-electron chi connectivity index (χ2n) is 4.99. The maximum atomic E-state index is 12.9. The van der Waals surface area contributed by atoms with Crippen molar-refractivity contribution < 1.29 is 9.50 Å². The molecule has 1 aliphatic carbocycles. The smallest absolute Gasteiger partial charge is 0.142 e. The van der Waals surface area contributed by atoms with Gasteiger partial charge in [-0.05, 0) is 60.5 Å². The van der Waals surface area contributed by atoms with Gasteiger partial charge in [-0.15, -0.1) is 0 Å². The van der Waals surface area contributed by atoms with E-state index >= 15 is 0 Å². The summed E-state index contributed by atoms with van der Waals surface area (Å²) in [5.41, 5.74) is 0. The van der Waals surface area contributed by atoms with Crippen molar-refractivity contribution in [3.05, 3.63) is 22.6 Å². The summed E-state index contributed by atoms with van der Waals surface area (Å²) in [6.45, 7) is 2.11. The number of nitrogens with one attached hydrogen (secondary N) is 1. The zero-order chi connectivity index (χ0) is 13.1. The fourth-order valence-corrected chi connectivity index (χ4v) is 2.89. The average molecular weight is 317 g/mol. The Balaban J connectivity index is 1.96. The molecule has 1 aliphatic rings. The highest BCUT2D eigenvalue weighted by Crippen LogP contribution is 2.29. The third-order valence-corrected chi connectivity index (χ3v) is 4.23. The standard InChI is InChI=1S/C13H18BrFN2O/c1-8(9-2-4-11(18)5-3-9)17-13-12(14)6-10(15)7-16-13/h6-9,11,18H,2-5H2,1H3,(H,16,17). The van der Waals surface area contributed by atoms with Gasteiger partial charge in [0.05, 0.1) is 16.8 Å². The quantitative estimate of drug-likeness (QED) is 0.899. The zero-order valence-corrected chi connectivity index (χ0v) is 12.0. The summed E-state index contributed by atoms with van der Waals surface area (Å²) in [4.78, 5) is 4.05. The molecule has 2 N–H and O–H groups in total. The van der Waals surface area contributed by atoms with E-state index in [0.29, 0.717) is 16.2 Å². The maximum Gasteiger partial charge on any atom is 0.142 e. The minimum absolute atomic E-state index is 0.135. The number of halogens is 2. The number of aromatic nitrogens is 1. The Hall–Kier alpha value is -0.680. The molecule has 3 nitrogen and oxygen atoms in total. The fourth-order valence-electron chi connectivity index (χ4n) is 2.46. The normalized spacial score (nSPS) is 25.8. The van der Waals surface area contributed by atoms with Crippen LogP contribution in [0.5, 0.6) is 0 Å². The van der Waals surface area contributed by atoms with E-state index < -0.39 is 0 Å². The molecule has 1 unspecified atom stereocenters. The molecule has 1 atom stereocenters. The number of anilines is 1. The predicted molar refractivity (Wildman–Crippen MR) is 72.9 cm³/mol. The second kappa shape index (κ2) is 5.97. The van der Waals surface area contributed by atoms with Crippen LogP contribution in [-0.2, 0) is 0 Å². The van der Waals surface area contributed by atoms with Gasteiger partial charge in [0.25, 0.3) is 0 Å². The molecular formula is C13H18BrFN2O. The highest BCUT2D eigenvalue weighted by Gasteiger charge is 2.24. The van der Waals surface area contributed by atoms with Crippen LogP contribution in [0, 0.1) is 11.7 Å². The summed E-state index contributed by atoms with van der Waals surface area (Å²) in [7, 11) is 0. The van der Waals surface area contributed by atoms with Crippen molar-refractivity contribution >= 4 is 21.7 Å². The van der Waals surface area contributed by atoms with Crippen molar-refractivity contribution in [2.75, 3.05) is 5.32 Å². The van der Waals surface area contributed by atoms with Gasteiger partial charge in [-0.3, -0.25) is 0 Å². The van der Waals surface area contributed by atoms with Crippen molar-refractivity contribution in [3.63, 3.8) is 0 Å². The Labute approximate surface area is 115 Å². The Morgan fingerprint density at radius 2 is 2.11 bits per heavy atom. The van der Waals surface area contributed by atoms with E-state index in [9.17, 15) is 9.50 Å². The van der Waals surface area contributed by atoms with E-state index in [0.717, 1.165) is 25.7 Å². The van der Waals surface area contributed by atoms with Gasteiger partial charge < -0.3 is 10.4 Å². The monoisotopic (exact) mass is 316 g/mol. The van der Waals surface area contributed by atoms with Crippen LogP contribution in [0.1, 0.15) is 32.6 Å². The lowest BCUT2D eigenvalue weighted by Gasteiger charge is -2.31. The minimum atomic E-state index is -0.346. The van der Waals surface area contributed by atoms with E-state index in [4.69, 9.17) is 0 Å². The molecule has 0 aromatic carbocycles. The van der Waals surface area contributed by atoms with Crippen LogP contribution in [0.4, 0.5) is 10.2 Å². The highest BCUT2D eigenvalue weighted by molar-refractivity contribution is 9.10. The Bertz CT molecular complexity index is 408. The van der Waals surface area contributed by atoms with Gasteiger partial charge in [-0.25, -0.2) is 9.37 Å². The van der Waals surface area contributed by atoms with Crippen molar-refractivity contribution in [1.29, 1.82) is 0 Å². The second-order valence-corrected chi connectivity index (χ2v) is 5.84. The predicted octanol–water partition coefficient (Wildman–Crippen LogP) is 3.33. The minimum Gasteiger partial charge on any atom is -0.393 e. The first-order valence-corrected chi connectivity index (χ1v) is 7.11. The Morgan fingerprint density at radius 1 is 1.44 bits per heavy atom. The van der Waals surface area contributed by atoms with Crippen LogP contribution in [0.15, 0.2) is 16.7 Å². The molecule has 100 valence electrons. The van der Waals surface area contributed by atoms with Crippen LogP contribution in [-0.4, -0.2) is 22.2 Å². The summed E-state index contributed by atoms with van der Waals surface area (Å²) in [5.74, 6) is 0.864. The number of rotatable bonds is 3. The summed E-state index contributed by atoms with van der Waals surface area (Å²) in [5, 5.41) is 12.8. The summed E-state index contributed by atoms with van der Waals surface area (Å²) < 4.78 is 13.6. The van der Waals surface area contributed by atoms with E-state index in [1.807, 2.05) is 0 Å². The van der Waals surface area contributed by atoms with E-state index in [2.05, 4.69) is 33.2 Å². The molecule has 18 heavy (non-hydrogen) atoms. The van der Waals surface area contributed by atoms with E-state index in [1.165, 1.54) is 12.3 Å². The summed E-state index contributed by atoms with van der Waals surface area (Å²) >= 11 is 3.30. The Kier molecular flexibility index (Phi) is 4.56. The van der Waals surface area contributed by atoms with Gasteiger partial charge in [0.2, 0.25) is 0 Å². The molecule has 0 radical (unpaired) electrons. The summed E-state index contributed by atoms with van der Waals surface area (Å²) in [6.07, 6.45) is 4.86. The van der Waals surface area contributed by atoms with E-state index in [-0.39, 0.29) is 18.0 Å². The first-order valence-electron chi connectivity index (χ1n) is 6.32. The molecular weight excluding hydrogens is 299 g/mol. The van der Waals surface area contributed by atoms with Crippen molar-refractivity contribution in [3.8, 4) is 0 Å². The van der Waals surface area contributed by atoms with Crippen molar-refractivity contribution in [1.82, 2.24) is 4.98 Å². The molecule has 0 bridgehead atoms. The molecule has 1 heterocycles. The summed E-state index contributed by atoms with van der Waals surface area (Å²) in [6, 6.07) is 1.68. The largest absolute Gasteiger partial charge is 0.393 e. The zero-order valence-electron chi connectivity index (χ0n) is 10.4. The number of hydrogen-bond donors (Lipinski definition) is 2. The van der Waals surface area contributed by atoms with Gasteiger partial charge >= 0.3 is 0 Å². The highest BCUT2D eigenvalue weighted by atomic mass is 79.9. The van der Waals surface area contributed by atoms with Crippen LogP contribution in [0.25, 0.3) is 0 Å². The van der Waals surface area contributed by atoms with Crippen LogP contribution >= 0.6 is 15.9 Å². The maximum absolute atomic E-state index is 12.9. The van der Waals surface area contributed by atoms with Gasteiger partial charge in [0.15, 0.2) is 0 Å². The van der Waals surface area contributed by atoms with Gasteiger partial charge in [0.1, 0.15) is 11.6 Å². The lowest BCUT2D eigenvalue weighted by atomic mass is 9.83. The molecule has 1 saturated carbocycles. The lowest BCUT2D eigenvalue weighted by molar-refractivity contribution is 0.105. The van der Waals surface area contributed by atoms with Crippen LogP contribution in [0.3, 0.4) is 0 Å². The molecule has 0 aliphatic heterocycles. The number of hydrogen-bond acceptors (Lipinski definition) is 3. The third kappa shape index (κ3) is 3.42. The van der Waals surface area contributed by atoms with Crippen molar-refractivity contribution in [2.45, 2.75) is 44.8 Å². The number of pyridine rings is 1. The van der Waals surface area contributed by atoms with Crippen LogP contribution < -0.4 is 5.32 Å². The number of nitrogens with zero attached hydrogens (tertiary/aromatic N) is 1. The third-order valence-electron chi connectivity index (χ3n) is 3.62. The van der Waals surface area contributed by atoms with Gasteiger partial charge in [-0.2, -0.15) is 0 Å². The average Bonchev–Trinajstić information content (AvgIpc) is 2.33. The first-order chi connectivity index (χ1) is 8.56. The molecule has 5 heteroatoms. The topological polar surface area (TPSA) is 45.2 Å². The lowest BCUT2D eigenvalue weighted by Crippen LogP contribution is -2.31. The molecule has 1 aromatic heterocycles. The number of aliphatic hydroxyl groups is 1. The molecule has 2 rings (SSSR count). The molecule has 0 spiro atoms.